The summed E-state index contributed by atoms with van der Waals surface area (Å²) in [7, 11) is 0. The van der Waals surface area contributed by atoms with E-state index in [1.165, 1.54) is 16.5 Å². The lowest BCUT2D eigenvalue weighted by Crippen LogP contribution is -2.20. The molecule has 0 atom stereocenters. The van der Waals surface area contributed by atoms with Gasteiger partial charge in [-0.15, -0.1) is 0 Å². The molecule has 4 aromatic rings. The van der Waals surface area contributed by atoms with E-state index < -0.39 is 0 Å². The fourth-order valence-corrected chi connectivity index (χ4v) is 3.34. The maximum absolute atomic E-state index is 12.2. The van der Waals surface area contributed by atoms with Crippen LogP contribution in [0, 0.1) is 6.92 Å². The topological polar surface area (TPSA) is 54.1 Å². The molecule has 4 heteroatoms. The van der Waals surface area contributed by atoms with Crippen LogP contribution in [0.2, 0.25) is 0 Å². The van der Waals surface area contributed by atoms with Gasteiger partial charge in [-0.3, -0.25) is 4.79 Å². The second-order valence-corrected chi connectivity index (χ2v) is 6.73. The Bertz CT molecular complexity index is 1110. The highest BCUT2D eigenvalue weighted by atomic mass is 16.5. The molecule has 136 valence electrons. The van der Waals surface area contributed by atoms with Crippen LogP contribution in [-0.2, 0) is 11.2 Å². The molecule has 0 unspecified atom stereocenters. The minimum atomic E-state index is -0.180. The van der Waals surface area contributed by atoms with E-state index in [-0.39, 0.29) is 12.5 Å². The summed E-state index contributed by atoms with van der Waals surface area (Å²) in [5.41, 5.74) is 5.39. The molecule has 0 aliphatic rings. The zero-order valence-corrected chi connectivity index (χ0v) is 15.5. The molecule has 1 amide bonds. The van der Waals surface area contributed by atoms with Gasteiger partial charge in [-0.05, 0) is 43.2 Å². The molecular weight excluding hydrogens is 336 g/mol. The number of amides is 1. The molecular formula is C23H22N2O2. The van der Waals surface area contributed by atoms with Gasteiger partial charge in [0.05, 0.1) is 0 Å². The van der Waals surface area contributed by atoms with E-state index in [4.69, 9.17) is 4.74 Å². The van der Waals surface area contributed by atoms with Crippen molar-refractivity contribution >= 4 is 33.4 Å². The third kappa shape index (κ3) is 3.51. The number of hydrogen-bond donors (Lipinski definition) is 2. The lowest BCUT2D eigenvalue weighted by atomic mass is 10.1. The van der Waals surface area contributed by atoms with Crippen LogP contribution in [0.1, 0.15) is 18.1 Å². The number of H-pyrrole nitrogens is 1. The lowest BCUT2D eigenvalue weighted by Gasteiger charge is -2.08. The predicted octanol–water partition coefficient (Wildman–Crippen LogP) is 5.21. The van der Waals surface area contributed by atoms with Crippen LogP contribution in [0.15, 0.2) is 60.7 Å². The van der Waals surface area contributed by atoms with Gasteiger partial charge in [0.15, 0.2) is 6.61 Å². The van der Waals surface area contributed by atoms with E-state index in [9.17, 15) is 4.79 Å². The predicted molar refractivity (Wildman–Crippen MR) is 110 cm³/mol. The number of fused-ring (bicyclic) bond motifs is 3. The molecule has 4 nitrogen and oxygen atoms in total. The Hall–Kier alpha value is -3.27. The Morgan fingerprint density at radius 3 is 2.63 bits per heavy atom. The molecule has 3 aromatic carbocycles. The van der Waals surface area contributed by atoms with Crippen LogP contribution in [0.4, 0.5) is 5.69 Å². The molecule has 0 fully saturated rings. The van der Waals surface area contributed by atoms with E-state index in [1.54, 1.807) is 0 Å². The highest BCUT2D eigenvalue weighted by molar-refractivity contribution is 6.09. The zero-order chi connectivity index (χ0) is 18.8. The maximum Gasteiger partial charge on any atom is 0.262 e. The summed E-state index contributed by atoms with van der Waals surface area (Å²) < 4.78 is 5.54. The maximum atomic E-state index is 12.2. The Balaban J connectivity index is 1.51. The lowest BCUT2D eigenvalue weighted by molar-refractivity contribution is -0.118. The number of aromatic nitrogens is 1. The standard InChI is InChI=1S/C23H22N2O2/c1-3-16-5-4-6-20-19-12-9-17(13-21(19)25-23(16)20)24-22(26)14-27-18-10-7-15(2)8-11-18/h4-13,25H,3,14H2,1-2H3,(H,24,26). The number of benzene rings is 3. The highest BCUT2D eigenvalue weighted by Gasteiger charge is 2.09. The SMILES string of the molecule is CCc1cccc2c1[nH]c1cc(NC(=O)COc3ccc(C)cc3)ccc12. The van der Waals surface area contributed by atoms with Crippen molar-refractivity contribution in [1.29, 1.82) is 0 Å². The molecule has 1 heterocycles. The number of para-hydroxylation sites is 1. The molecule has 4 rings (SSSR count). The number of hydrogen-bond acceptors (Lipinski definition) is 2. The first-order chi connectivity index (χ1) is 13.1. The van der Waals surface area contributed by atoms with Gasteiger partial charge < -0.3 is 15.0 Å². The van der Waals surface area contributed by atoms with E-state index in [1.807, 2.05) is 49.4 Å². The minimum Gasteiger partial charge on any atom is -0.484 e. The molecule has 0 bridgehead atoms. The van der Waals surface area contributed by atoms with Crippen molar-refractivity contribution in [1.82, 2.24) is 4.98 Å². The van der Waals surface area contributed by atoms with E-state index >= 15 is 0 Å². The third-order valence-electron chi connectivity index (χ3n) is 4.78. The zero-order valence-electron chi connectivity index (χ0n) is 15.5. The van der Waals surface area contributed by atoms with Crippen LogP contribution >= 0.6 is 0 Å². The summed E-state index contributed by atoms with van der Waals surface area (Å²) >= 11 is 0. The number of rotatable bonds is 5. The highest BCUT2D eigenvalue weighted by Crippen LogP contribution is 2.29. The first-order valence-electron chi connectivity index (χ1n) is 9.16. The molecule has 0 aliphatic heterocycles. The quantitative estimate of drug-likeness (QED) is 0.514. The van der Waals surface area contributed by atoms with Crippen molar-refractivity contribution in [3.63, 3.8) is 0 Å². The number of aromatic amines is 1. The molecule has 0 saturated carbocycles. The van der Waals surface area contributed by atoms with Gasteiger partial charge in [0, 0.05) is 27.5 Å². The number of aryl methyl sites for hydroxylation is 2. The van der Waals surface area contributed by atoms with Gasteiger partial charge in [0.2, 0.25) is 0 Å². The van der Waals surface area contributed by atoms with Crippen LogP contribution in [-0.4, -0.2) is 17.5 Å². The Labute approximate surface area is 158 Å². The van der Waals surface area contributed by atoms with Gasteiger partial charge in [-0.2, -0.15) is 0 Å². The van der Waals surface area contributed by atoms with Gasteiger partial charge in [-0.1, -0.05) is 48.9 Å². The molecule has 0 spiro atoms. The second-order valence-electron chi connectivity index (χ2n) is 6.73. The molecule has 2 N–H and O–H groups in total. The van der Waals surface area contributed by atoms with Crippen molar-refractivity contribution in [3.05, 3.63) is 71.8 Å². The van der Waals surface area contributed by atoms with Crippen LogP contribution in [0.25, 0.3) is 21.8 Å². The Morgan fingerprint density at radius 1 is 1.04 bits per heavy atom. The summed E-state index contributed by atoms with van der Waals surface area (Å²) in [6.45, 7) is 4.15. The first kappa shape index (κ1) is 17.2. The van der Waals surface area contributed by atoms with E-state index in [0.29, 0.717) is 5.75 Å². The fourth-order valence-electron chi connectivity index (χ4n) is 3.34. The average Bonchev–Trinajstić information content (AvgIpc) is 3.05. The largest absolute Gasteiger partial charge is 0.484 e. The van der Waals surface area contributed by atoms with Crippen LogP contribution < -0.4 is 10.1 Å². The summed E-state index contributed by atoms with van der Waals surface area (Å²) in [5.74, 6) is 0.509. The third-order valence-corrected chi connectivity index (χ3v) is 4.78. The van der Waals surface area contributed by atoms with Gasteiger partial charge in [0.1, 0.15) is 5.75 Å². The van der Waals surface area contributed by atoms with Crippen molar-refractivity contribution in [2.45, 2.75) is 20.3 Å². The summed E-state index contributed by atoms with van der Waals surface area (Å²) in [6.07, 6.45) is 0.976. The first-order valence-corrected chi connectivity index (χ1v) is 9.16. The molecule has 27 heavy (non-hydrogen) atoms. The molecule has 0 radical (unpaired) electrons. The summed E-state index contributed by atoms with van der Waals surface area (Å²) in [4.78, 5) is 15.7. The normalized spacial score (nSPS) is 11.0. The Kier molecular flexibility index (Phi) is 4.55. The molecule has 0 aliphatic carbocycles. The monoisotopic (exact) mass is 358 g/mol. The number of anilines is 1. The van der Waals surface area contributed by atoms with E-state index in [0.717, 1.165) is 28.6 Å². The number of carbonyl (C=O) groups excluding carboxylic acids is 1. The van der Waals surface area contributed by atoms with Gasteiger partial charge in [-0.25, -0.2) is 0 Å². The van der Waals surface area contributed by atoms with Gasteiger partial charge in [0.25, 0.3) is 5.91 Å². The molecule has 0 saturated heterocycles. The number of nitrogens with one attached hydrogen (secondary N) is 2. The van der Waals surface area contributed by atoms with Crippen LogP contribution in [0.3, 0.4) is 0 Å². The molecule has 1 aromatic heterocycles. The van der Waals surface area contributed by atoms with Crippen molar-refractivity contribution in [3.8, 4) is 5.75 Å². The van der Waals surface area contributed by atoms with Crippen molar-refractivity contribution in [2.24, 2.45) is 0 Å². The minimum absolute atomic E-state index is 0.0201. The smallest absolute Gasteiger partial charge is 0.262 e. The number of ether oxygens (including phenoxy) is 1. The van der Waals surface area contributed by atoms with Crippen molar-refractivity contribution in [2.75, 3.05) is 11.9 Å². The summed E-state index contributed by atoms with van der Waals surface area (Å²) in [5, 5.41) is 5.28. The number of carbonyl (C=O) groups is 1. The fraction of sp³-hybridized carbons (Fsp3) is 0.174. The summed E-state index contributed by atoms with van der Waals surface area (Å²) in [6, 6.07) is 20.0. The second kappa shape index (κ2) is 7.16. The van der Waals surface area contributed by atoms with Gasteiger partial charge >= 0.3 is 0 Å². The average molecular weight is 358 g/mol. The van der Waals surface area contributed by atoms with E-state index in [2.05, 4.69) is 35.4 Å². The van der Waals surface area contributed by atoms with Crippen LogP contribution in [0.5, 0.6) is 5.75 Å². The Morgan fingerprint density at radius 2 is 1.85 bits per heavy atom. The van der Waals surface area contributed by atoms with Crippen molar-refractivity contribution < 1.29 is 9.53 Å².